The van der Waals surface area contributed by atoms with Gasteiger partial charge in [-0.3, -0.25) is 14.7 Å². The van der Waals surface area contributed by atoms with E-state index in [1.807, 2.05) is 30.0 Å². The number of aliphatic hydroxyl groups is 1. The minimum absolute atomic E-state index is 0.0812. The zero-order valence-electron chi connectivity index (χ0n) is 15.8. The Morgan fingerprint density at radius 1 is 1.30 bits per heavy atom. The number of rotatable bonds is 6. The summed E-state index contributed by atoms with van der Waals surface area (Å²) >= 11 is 0. The number of carbonyl (C=O) groups excluding carboxylic acids is 1. The number of amides is 1. The third-order valence-electron chi connectivity index (χ3n) is 4.86. The van der Waals surface area contributed by atoms with E-state index in [4.69, 9.17) is 4.74 Å². The van der Waals surface area contributed by atoms with Crippen molar-refractivity contribution in [2.75, 3.05) is 33.4 Å². The second-order valence-electron chi connectivity index (χ2n) is 6.72. The number of aryl methyl sites for hydroxylation is 1. The van der Waals surface area contributed by atoms with Gasteiger partial charge in [0.25, 0.3) is 5.91 Å². The summed E-state index contributed by atoms with van der Waals surface area (Å²) in [7, 11) is 1.51. The Bertz CT molecular complexity index is 783. The molecule has 2 aromatic rings. The molecule has 3 heterocycles. The van der Waals surface area contributed by atoms with E-state index in [9.17, 15) is 9.90 Å². The van der Waals surface area contributed by atoms with Crippen molar-refractivity contribution in [2.45, 2.75) is 25.9 Å². The van der Waals surface area contributed by atoms with E-state index < -0.39 is 0 Å². The fourth-order valence-corrected chi connectivity index (χ4v) is 3.49. The lowest BCUT2D eigenvalue weighted by Gasteiger charge is -2.41. The first-order valence-corrected chi connectivity index (χ1v) is 9.18. The van der Waals surface area contributed by atoms with E-state index in [0.29, 0.717) is 37.5 Å². The summed E-state index contributed by atoms with van der Waals surface area (Å²) in [6, 6.07) is 9.55. The van der Waals surface area contributed by atoms with Crippen molar-refractivity contribution < 1.29 is 14.6 Å². The van der Waals surface area contributed by atoms with Crippen LogP contribution in [0, 0.1) is 6.92 Å². The predicted octanol–water partition coefficient (Wildman–Crippen LogP) is 1.50. The second-order valence-corrected chi connectivity index (χ2v) is 6.72. The van der Waals surface area contributed by atoms with Gasteiger partial charge in [-0.1, -0.05) is 6.07 Å². The van der Waals surface area contributed by atoms with Crippen LogP contribution in [0.4, 0.5) is 0 Å². The van der Waals surface area contributed by atoms with Crippen LogP contribution in [0.25, 0.3) is 0 Å². The number of pyridine rings is 2. The molecule has 1 N–H and O–H groups in total. The van der Waals surface area contributed by atoms with Crippen molar-refractivity contribution in [3.05, 3.63) is 53.5 Å². The molecule has 0 radical (unpaired) electrons. The van der Waals surface area contributed by atoms with Gasteiger partial charge in [-0.05, 0) is 37.6 Å². The maximum absolute atomic E-state index is 13.0. The Morgan fingerprint density at radius 3 is 2.89 bits per heavy atom. The van der Waals surface area contributed by atoms with E-state index in [0.717, 1.165) is 17.9 Å². The molecule has 1 amide bonds. The fraction of sp³-hybridized carbons (Fsp3) is 0.450. The van der Waals surface area contributed by atoms with E-state index >= 15 is 0 Å². The van der Waals surface area contributed by atoms with E-state index in [-0.39, 0.29) is 18.6 Å². The minimum atomic E-state index is -0.0868. The first-order valence-electron chi connectivity index (χ1n) is 9.18. The van der Waals surface area contributed by atoms with Crippen LogP contribution in [0.5, 0.6) is 5.88 Å². The molecule has 1 aliphatic heterocycles. The van der Waals surface area contributed by atoms with Gasteiger partial charge in [0, 0.05) is 50.7 Å². The van der Waals surface area contributed by atoms with E-state index in [1.54, 1.807) is 18.3 Å². The highest BCUT2D eigenvalue weighted by molar-refractivity contribution is 5.96. The molecule has 1 atom stereocenters. The average Bonchev–Trinajstić information content (AvgIpc) is 2.69. The quantitative estimate of drug-likeness (QED) is 0.830. The Balaban J connectivity index is 1.72. The molecular formula is C20H26N4O3. The van der Waals surface area contributed by atoms with Crippen LogP contribution in [0.1, 0.15) is 28.2 Å². The Hall–Kier alpha value is -2.51. The SMILES string of the molecule is COc1ncccc1C(=O)N1CCN(Cc2cccc(C)n2)[C@@H](CCO)C1. The molecule has 1 saturated heterocycles. The van der Waals surface area contributed by atoms with Crippen molar-refractivity contribution in [3.63, 3.8) is 0 Å². The Morgan fingerprint density at radius 2 is 2.15 bits per heavy atom. The number of hydrogen-bond donors (Lipinski definition) is 1. The third-order valence-corrected chi connectivity index (χ3v) is 4.86. The smallest absolute Gasteiger partial charge is 0.259 e. The summed E-state index contributed by atoms with van der Waals surface area (Å²) in [4.78, 5) is 25.8. The van der Waals surface area contributed by atoms with Gasteiger partial charge in [-0.25, -0.2) is 4.98 Å². The minimum Gasteiger partial charge on any atom is -0.480 e. The van der Waals surface area contributed by atoms with E-state index in [1.165, 1.54) is 7.11 Å². The number of carbonyl (C=O) groups is 1. The average molecular weight is 370 g/mol. The lowest BCUT2D eigenvalue weighted by Crippen LogP contribution is -2.54. The number of methoxy groups -OCH3 is 1. The Labute approximate surface area is 159 Å². The third kappa shape index (κ3) is 4.61. The predicted molar refractivity (Wildman–Crippen MR) is 102 cm³/mol. The molecule has 0 aliphatic carbocycles. The molecule has 3 rings (SSSR count). The van der Waals surface area contributed by atoms with Crippen LogP contribution in [-0.2, 0) is 6.54 Å². The summed E-state index contributed by atoms with van der Waals surface area (Å²) < 4.78 is 5.23. The first kappa shape index (κ1) is 19.3. The van der Waals surface area contributed by atoms with Crippen molar-refractivity contribution >= 4 is 5.91 Å². The summed E-state index contributed by atoms with van der Waals surface area (Å²) in [6.07, 6.45) is 2.22. The van der Waals surface area contributed by atoms with Gasteiger partial charge in [0.15, 0.2) is 0 Å². The molecule has 7 heteroatoms. The fourth-order valence-electron chi connectivity index (χ4n) is 3.49. The van der Waals surface area contributed by atoms with Crippen molar-refractivity contribution in [1.29, 1.82) is 0 Å². The van der Waals surface area contributed by atoms with Gasteiger partial charge in [0.2, 0.25) is 5.88 Å². The van der Waals surface area contributed by atoms with Gasteiger partial charge >= 0.3 is 0 Å². The summed E-state index contributed by atoms with van der Waals surface area (Å²) in [5, 5.41) is 9.49. The van der Waals surface area contributed by atoms with Crippen LogP contribution in [0.15, 0.2) is 36.5 Å². The number of ether oxygens (including phenoxy) is 1. The maximum Gasteiger partial charge on any atom is 0.259 e. The monoisotopic (exact) mass is 370 g/mol. The van der Waals surface area contributed by atoms with Crippen LogP contribution in [-0.4, -0.2) is 70.2 Å². The number of hydrogen-bond acceptors (Lipinski definition) is 6. The van der Waals surface area contributed by atoms with Crippen LogP contribution in [0.2, 0.25) is 0 Å². The van der Waals surface area contributed by atoms with Gasteiger partial charge in [0.05, 0.1) is 12.8 Å². The number of aromatic nitrogens is 2. The van der Waals surface area contributed by atoms with Crippen molar-refractivity contribution in [2.24, 2.45) is 0 Å². The summed E-state index contributed by atoms with van der Waals surface area (Å²) in [5.41, 5.74) is 2.46. The zero-order valence-corrected chi connectivity index (χ0v) is 15.8. The summed E-state index contributed by atoms with van der Waals surface area (Å²) in [6.45, 7) is 4.68. The van der Waals surface area contributed by atoms with Crippen LogP contribution in [0.3, 0.4) is 0 Å². The maximum atomic E-state index is 13.0. The van der Waals surface area contributed by atoms with Crippen LogP contribution < -0.4 is 4.74 Å². The molecule has 0 bridgehead atoms. The molecule has 1 aliphatic rings. The van der Waals surface area contributed by atoms with Crippen molar-refractivity contribution in [3.8, 4) is 5.88 Å². The van der Waals surface area contributed by atoms with Gasteiger partial charge in [0.1, 0.15) is 5.56 Å². The highest BCUT2D eigenvalue weighted by Gasteiger charge is 2.31. The van der Waals surface area contributed by atoms with Gasteiger partial charge in [-0.15, -0.1) is 0 Å². The molecule has 0 aromatic carbocycles. The standard InChI is InChI=1S/C20H26N4O3/c1-15-5-3-6-16(22-15)13-23-10-11-24(14-17(23)8-12-25)20(26)18-7-4-9-21-19(18)27-2/h3-7,9,17,25H,8,10-14H2,1-2H3/t17-/m0/s1. The molecule has 27 heavy (non-hydrogen) atoms. The summed E-state index contributed by atoms with van der Waals surface area (Å²) in [5.74, 6) is 0.254. The normalized spacial score (nSPS) is 17.7. The molecule has 2 aromatic heterocycles. The molecule has 144 valence electrons. The molecule has 0 spiro atoms. The Kier molecular flexibility index (Phi) is 6.36. The number of piperazine rings is 1. The molecule has 1 fully saturated rings. The molecular weight excluding hydrogens is 344 g/mol. The number of aliphatic hydroxyl groups excluding tert-OH is 1. The highest BCUT2D eigenvalue weighted by atomic mass is 16.5. The second kappa shape index (κ2) is 8.92. The zero-order chi connectivity index (χ0) is 19.2. The van der Waals surface area contributed by atoms with E-state index in [2.05, 4.69) is 14.9 Å². The number of nitrogens with zero attached hydrogens (tertiary/aromatic N) is 4. The van der Waals surface area contributed by atoms with Gasteiger partial charge < -0.3 is 14.7 Å². The largest absolute Gasteiger partial charge is 0.480 e. The lowest BCUT2D eigenvalue weighted by atomic mass is 10.1. The molecule has 0 unspecified atom stereocenters. The first-order chi connectivity index (χ1) is 13.1. The molecule has 7 nitrogen and oxygen atoms in total. The topological polar surface area (TPSA) is 78.8 Å². The molecule has 0 saturated carbocycles. The van der Waals surface area contributed by atoms with Crippen LogP contribution >= 0.6 is 0 Å². The lowest BCUT2D eigenvalue weighted by molar-refractivity contribution is 0.0388. The van der Waals surface area contributed by atoms with Gasteiger partial charge in [-0.2, -0.15) is 0 Å². The van der Waals surface area contributed by atoms with Crippen molar-refractivity contribution in [1.82, 2.24) is 19.8 Å². The highest BCUT2D eigenvalue weighted by Crippen LogP contribution is 2.21.